The van der Waals surface area contributed by atoms with Gasteiger partial charge in [-0.05, 0) is 37.9 Å². The van der Waals surface area contributed by atoms with Gasteiger partial charge in [0.2, 0.25) is 0 Å². The molecule has 1 N–H and O–H groups in total. The van der Waals surface area contributed by atoms with E-state index in [1.165, 1.54) is 30.2 Å². The molecule has 1 unspecified atom stereocenters. The fourth-order valence-electron chi connectivity index (χ4n) is 2.60. The van der Waals surface area contributed by atoms with Crippen LogP contribution in [0.15, 0.2) is 28.7 Å². The first-order chi connectivity index (χ1) is 7.86. The molecule has 16 heavy (non-hydrogen) atoms. The zero-order valence-electron chi connectivity index (χ0n) is 9.62. The lowest BCUT2D eigenvalue weighted by Crippen LogP contribution is -2.26. The third-order valence-corrected chi connectivity index (χ3v) is 3.51. The van der Waals surface area contributed by atoms with E-state index in [1.54, 1.807) is 0 Å². The number of hydrogen-bond donors (Lipinski definition) is 1. The van der Waals surface area contributed by atoms with Crippen molar-refractivity contribution in [2.75, 3.05) is 6.54 Å². The Balaban J connectivity index is 2.05. The fraction of sp³-hybridized carbons (Fsp3) is 0.429. The maximum atomic E-state index is 5.98. The number of piperidine rings is 1. The molecule has 2 heteroatoms. The molecule has 1 aromatic heterocycles. The van der Waals surface area contributed by atoms with Crippen LogP contribution in [0.5, 0.6) is 0 Å². The molecular formula is C14H17NO. The van der Waals surface area contributed by atoms with Crippen LogP contribution in [0.3, 0.4) is 0 Å². The van der Waals surface area contributed by atoms with E-state index in [1.807, 2.05) is 6.07 Å². The van der Waals surface area contributed by atoms with Crippen LogP contribution in [0.4, 0.5) is 0 Å². The van der Waals surface area contributed by atoms with Crippen LogP contribution in [0.1, 0.15) is 36.6 Å². The summed E-state index contributed by atoms with van der Waals surface area (Å²) in [5, 5.41) is 4.80. The second-order valence-corrected chi connectivity index (χ2v) is 4.59. The molecule has 84 valence electrons. The summed E-state index contributed by atoms with van der Waals surface area (Å²) in [4.78, 5) is 0. The van der Waals surface area contributed by atoms with Crippen molar-refractivity contribution in [2.24, 2.45) is 0 Å². The maximum Gasteiger partial charge on any atom is 0.134 e. The van der Waals surface area contributed by atoms with Gasteiger partial charge in [-0.3, -0.25) is 0 Å². The van der Waals surface area contributed by atoms with Gasteiger partial charge in [0.05, 0.1) is 6.04 Å². The smallest absolute Gasteiger partial charge is 0.134 e. The zero-order valence-corrected chi connectivity index (χ0v) is 9.62. The highest BCUT2D eigenvalue weighted by molar-refractivity contribution is 5.82. The van der Waals surface area contributed by atoms with Gasteiger partial charge in [0.25, 0.3) is 0 Å². The van der Waals surface area contributed by atoms with E-state index in [9.17, 15) is 0 Å². The number of fused-ring (bicyclic) bond motifs is 1. The van der Waals surface area contributed by atoms with E-state index >= 15 is 0 Å². The molecular weight excluding hydrogens is 198 g/mol. The van der Waals surface area contributed by atoms with Crippen molar-refractivity contribution in [3.8, 4) is 0 Å². The van der Waals surface area contributed by atoms with Crippen molar-refractivity contribution < 1.29 is 4.42 Å². The molecule has 0 amide bonds. The van der Waals surface area contributed by atoms with E-state index in [4.69, 9.17) is 4.42 Å². The zero-order chi connectivity index (χ0) is 11.0. The predicted molar refractivity (Wildman–Crippen MR) is 65.5 cm³/mol. The normalized spacial score (nSPS) is 21.4. The Kier molecular flexibility index (Phi) is 2.44. The maximum absolute atomic E-state index is 5.98. The first kappa shape index (κ1) is 9.91. The van der Waals surface area contributed by atoms with E-state index in [2.05, 4.69) is 30.4 Å². The van der Waals surface area contributed by atoms with E-state index < -0.39 is 0 Å². The first-order valence-electron chi connectivity index (χ1n) is 6.07. The summed E-state index contributed by atoms with van der Waals surface area (Å²) < 4.78 is 5.98. The van der Waals surface area contributed by atoms with Crippen molar-refractivity contribution in [1.29, 1.82) is 0 Å². The molecule has 0 radical (unpaired) electrons. The van der Waals surface area contributed by atoms with E-state index in [0.717, 1.165) is 17.9 Å². The summed E-state index contributed by atoms with van der Waals surface area (Å²) in [6.07, 6.45) is 3.78. The van der Waals surface area contributed by atoms with Crippen molar-refractivity contribution >= 4 is 11.0 Å². The number of rotatable bonds is 1. The van der Waals surface area contributed by atoms with Crippen LogP contribution < -0.4 is 5.32 Å². The number of furan rings is 1. The van der Waals surface area contributed by atoms with Gasteiger partial charge in [-0.1, -0.05) is 24.6 Å². The van der Waals surface area contributed by atoms with Gasteiger partial charge in [0.1, 0.15) is 11.3 Å². The van der Waals surface area contributed by atoms with Gasteiger partial charge in [-0.25, -0.2) is 0 Å². The lowest BCUT2D eigenvalue weighted by molar-refractivity contribution is 0.356. The van der Waals surface area contributed by atoms with Crippen LogP contribution >= 0.6 is 0 Å². The highest BCUT2D eigenvalue weighted by atomic mass is 16.3. The van der Waals surface area contributed by atoms with Crippen LogP contribution in [-0.4, -0.2) is 6.54 Å². The lowest BCUT2D eigenvalue weighted by atomic mass is 10.00. The van der Waals surface area contributed by atoms with Gasteiger partial charge >= 0.3 is 0 Å². The molecule has 1 fully saturated rings. The Morgan fingerprint density at radius 1 is 1.25 bits per heavy atom. The number of aryl methyl sites for hydroxylation is 1. The molecule has 1 aliphatic rings. The van der Waals surface area contributed by atoms with Gasteiger partial charge < -0.3 is 9.73 Å². The van der Waals surface area contributed by atoms with E-state index in [-0.39, 0.29) is 0 Å². The van der Waals surface area contributed by atoms with Crippen molar-refractivity contribution in [1.82, 2.24) is 5.32 Å². The lowest BCUT2D eigenvalue weighted by Gasteiger charge is -2.22. The molecule has 1 aliphatic heterocycles. The standard InChI is InChI=1S/C14H17NO/c1-10-11-6-2-3-8-13(11)16-14(10)12-7-4-5-9-15-12/h2-3,6,8,12,15H,4-5,7,9H2,1H3. The van der Waals surface area contributed by atoms with Gasteiger partial charge in [-0.2, -0.15) is 0 Å². The highest BCUT2D eigenvalue weighted by Gasteiger charge is 2.21. The average molecular weight is 215 g/mol. The first-order valence-corrected chi connectivity index (χ1v) is 6.07. The number of hydrogen-bond acceptors (Lipinski definition) is 2. The van der Waals surface area contributed by atoms with Crippen molar-refractivity contribution in [2.45, 2.75) is 32.2 Å². The minimum absolute atomic E-state index is 0.418. The van der Waals surface area contributed by atoms with Crippen LogP contribution in [-0.2, 0) is 0 Å². The Morgan fingerprint density at radius 2 is 2.12 bits per heavy atom. The Hall–Kier alpha value is -1.28. The second kappa shape index (κ2) is 3.95. The molecule has 0 spiro atoms. The third-order valence-electron chi connectivity index (χ3n) is 3.51. The summed E-state index contributed by atoms with van der Waals surface area (Å²) in [5.41, 5.74) is 2.32. The van der Waals surface area contributed by atoms with Gasteiger partial charge in [0.15, 0.2) is 0 Å². The molecule has 2 heterocycles. The minimum Gasteiger partial charge on any atom is -0.459 e. The minimum atomic E-state index is 0.418. The predicted octanol–water partition coefficient (Wildman–Crippen LogP) is 3.56. The Labute approximate surface area is 95.6 Å². The summed E-state index contributed by atoms with van der Waals surface area (Å²) >= 11 is 0. The molecule has 1 atom stereocenters. The molecule has 2 aromatic rings. The molecule has 0 saturated carbocycles. The summed E-state index contributed by atoms with van der Waals surface area (Å²) in [6.45, 7) is 3.28. The van der Waals surface area contributed by atoms with Crippen LogP contribution in [0.2, 0.25) is 0 Å². The summed E-state index contributed by atoms with van der Waals surface area (Å²) in [7, 11) is 0. The van der Waals surface area contributed by atoms with Gasteiger partial charge in [0, 0.05) is 5.39 Å². The van der Waals surface area contributed by atoms with Crippen LogP contribution in [0.25, 0.3) is 11.0 Å². The third kappa shape index (κ3) is 1.54. The van der Waals surface area contributed by atoms with Crippen molar-refractivity contribution in [3.63, 3.8) is 0 Å². The molecule has 0 aliphatic carbocycles. The van der Waals surface area contributed by atoms with E-state index in [0.29, 0.717) is 6.04 Å². The highest BCUT2D eigenvalue weighted by Crippen LogP contribution is 2.32. The fourth-order valence-corrected chi connectivity index (χ4v) is 2.60. The Morgan fingerprint density at radius 3 is 2.88 bits per heavy atom. The average Bonchev–Trinajstić information content (AvgIpc) is 2.69. The summed E-state index contributed by atoms with van der Waals surface area (Å²) in [5.74, 6) is 1.14. The Bertz CT molecular complexity index is 494. The van der Waals surface area contributed by atoms with Crippen molar-refractivity contribution in [3.05, 3.63) is 35.6 Å². The molecule has 0 bridgehead atoms. The molecule has 2 nitrogen and oxygen atoms in total. The molecule has 3 rings (SSSR count). The van der Waals surface area contributed by atoms with Crippen LogP contribution in [0, 0.1) is 6.92 Å². The quantitative estimate of drug-likeness (QED) is 0.787. The number of para-hydroxylation sites is 1. The summed E-state index contributed by atoms with van der Waals surface area (Å²) in [6, 6.07) is 8.71. The van der Waals surface area contributed by atoms with Gasteiger partial charge in [-0.15, -0.1) is 0 Å². The molecule has 1 aromatic carbocycles. The SMILES string of the molecule is Cc1c(C2CCCCN2)oc2ccccc12. The number of nitrogens with one attached hydrogen (secondary N) is 1. The number of benzene rings is 1. The largest absolute Gasteiger partial charge is 0.459 e. The molecule has 1 saturated heterocycles. The second-order valence-electron chi connectivity index (χ2n) is 4.59. The topological polar surface area (TPSA) is 25.2 Å². The monoisotopic (exact) mass is 215 g/mol.